The lowest BCUT2D eigenvalue weighted by Gasteiger charge is -2.16. The molecule has 0 bridgehead atoms. The molecule has 7 nitrogen and oxygen atoms in total. The van der Waals surface area contributed by atoms with E-state index in [4.69, 9.17) is 14.2 Å². The van der Waals surface area contributed by atoms with Crippen molar-refractivity contribution in [2.45, 2.75) is 44.8 Å². The summed E-state index contributed by atoms with van der Waals surface area (Å²) in [6.45, 7) is 2.73. The molecule has 0 spiro atoms. The first-order valence-electron chi connectivity index (χ1n) is 8.94. The van der Waals surface area contributed by atoms with Crippen LogP contribution in [0.5, 0.6) is 11.5 Å². The Morgan fingerprint density at radius 3 is 2.69 bits per heavy atom. The quantitative estimate of drug-likeness (QED) is 0.699. The Labute approximate surface area is 154 Å². The second-order valence-electron chi connectivity index (χ2n) is 6.43. The van der Waals surface area contributed by atoms with Crippen molar-refractivity contribution in [3.8, 4) is 11.5 Å². The van der Waals surface area contributed by atoms with Gasteiger partial charge in [-0.15, -0.1) is 0 Å². The van der Waals surface area contributed by atoms with Crippen LogP contribution in [0.4, 0.5) is 0 Å². The highest BCUT2D eigenvalue weighted by molar-refractivity contribution is 5.97. The fourth-order valence-corrected chi connectivity index (χ4v) is 2.95. The van der Waals surface area contributed by atoms with Gasteiger partial charge in [-0.1, -0.05) is 0 Å². The Morgan fingerprint density at radius 1 is 1.27 bits per heavy atom. The maximum atomic E-state index is 12.2. The zero-order chi connectivity index (χ0) is 18.9. The van der Waals surface area contributed by atoms with Gasteiger partial charge in [-0.25, -0.2) is 0 Å². The van der Waals surface area contributed by atoms with Crippen LogP contribution in [0, 0.1) is 0 Å². The molecule has 1 saturated heterocycles. The van der Waals surface area contributed by atoms with Gasteiger partial charge in [0.15, 0.2) is 11.5 Å². The van der Waals surface area contributed by atoms with Gasteiger partial charge in [0.05, 0.1) is 26.9 Å². The van der Waals surface area contributed by atoms with Crippen LogP contribution in [0.15, 0.2) is 18.2 Å². The predicted octanol–water partition coefficient (Wildman–Crippen LogP) is 1.90. The van der Waals surface area contributed by atoms with Crippen LogP contribution in [-0.4, -0.2) is 51.3 Å². The van der Waals surface area contributed by atoms with Crippen molar-refractivity contribution in [2.75, 3.05) is 27.4 Å². The summed E-state index contributed by atoms with van der Waals surface area (Å²) in [5, 5.41) is 5.52. The van der Waals surface area contributed by atoms with Crippen molar-refractivity contribution in [3.63, 3.8) is 0 Å². The Balaban J connectivity index is 1.74. The van der Waals surface area contributed by atoms with Gasteiger partial charge in [0.1, 0.15) is 0 Å². The molecule has 1 aliphatic rings. The molecule has 0 aliphatic carbocycles. The summed E-state index contributed by atoms with van der Waals surface area (Å²) < 4.78 is 15.9. The SMILES string of the molecule is COc1ccc(C(=O)NCC(=O)N[C@@H](C)CC[C@H]2CCCO2)cc1OC. The van der Waals surface area contributed by atoms with Crippen LogP contribution in [0.2, 0.25) is 0 Å². The van der Waals surface area contributed by atoms with Gasteiger partial charge < -0.3 is 24.8 Å². The molecular weight excluding hydrogens is 336 g/mol. The zero-order valence-electron chi connectivity index (χ0n) is 15.7. The molecule has 0 unspecified atom stereocenters. The maximum absolute atomic E-state index is 12.2. The number of carbonyl (C=O) groups excluding carboxylic acids is 2. The summed E-state index contributed by atoms with van der Waals surface area (Å²) in [6.07, 6.45) is 4.34. The number of benzene rings is 1. The molecule has 0 saturated carbocycles. The van der Waals surface area contributed by atoms with Gasteiger partial charge >= 0.3 is 0 Å². The standard InChI is InChI=1S/C19H28N2O5/c1-13(6-8-15-5-4-10-26-15)21-18(22)12-20-19(23)14-7-9-16(24-2)17(11-14)25-3/h7,9,11,13,15H,4-6,8,10,12H2,1-3H3,(H,20,23)(H,21,22)/t13-,15+/m0/s1. The van der Waals surface area contributed by atoms with Gasteiger partial charge in [0, 0.05) is 18.2 Å². The van der Waals surface area contributed by atoms with Crippen molar-refractivity contribution in [3.05, 3.63) is 23.8 Å². The van der Waals surface area contributed by atoms with Gasteiger partial charge in [-0.05, 0) is 50.8 Å². The zero-order valence-corrected chi connectivity index (χ0v) is 15.7. The lowest BCUT2D eigenvalue weighted by molar-refractivity contribution is -0.120. The van der Waals surface area contributed by atoms with Crippen molar-refractivity contribution in [2.24, 2.45) is 0 Å². The topological polar surface area (TPSA) is 85.9 Å². The molecule has 2 atom stereocenters. The fourth-order valence-electron chi connectivity index (χ4n) is 2.95. The molecular formula is C19H28N2O5. The third-order valence-corrected chi connectivity index (χ3v) is 4.41. The minimum atomic E-state index is -0.340. The number of nitrogens with one attached hydrogen (secondary N) is 2. The smallest absolute Gasteiger partial charge is 0.251 e. The molecule has 1 aliphatic heterocycles. The van der Waals surface area contributed by atoms with E-state index < -0.39 is 0 Å². The number of carbonyl (C=O) groups is 2. The first-order valence-corrected chi connectivity index (χ1v) is 8.94. The van der Waals surface area contributed by atoms with Crippen molar-refractivity contribution < 1.29 is 23.8 Å². The molecule has 2 N–H and O–H groups in total. The van der Waals surface area contributed by atoms with E-state index in [0.717, 1.165) is 32.3 Å². The molecule has 26 heavy (non-hydrogen) atoms. The van der Waals surface area contributed by atoms with Crippen LogP contribution in [0.1, 0.15) is 43.0 Å². The van der Waals surface area contributed by atoms with E-state index in [1.165, 1.54) is 14.2 Å². The monoisotopic (exact) mass is 364 g/mol. The van der Waals surface area contributed by atoms with E-state index in [1.807, 2.05) is 6.92 Å². The van der Waals surface area contributed by atoms with Gasteiger partial charge in [0.25, 0.3) is 5.91 Å². The van der Waals surface area contributed by atoms with E-state index in [2.05, 4.69) is 10.6 Å². The average molecular weight is 364 g/mol. The average Bonchev–Trinajstić information content (AvgIpc) is 3.17. The van der Waals surface area contributed by atoms with E-state index in [1.54, 1.807) is 18.2 Å². The number of rotatable bonds is 9. The molecule has 2 amide bonds. The maximum Gasteiger partial charge on any atom is 0.251 e. The van der Waals surface area contributed by atoms with E-state index in [9.17, 15) is 9.59 Å². The molecule has 1 fully saturated rings. The third kappa shape index (κ3) is 5.91. The Hall–Kier alpha value is -2.28. The largest absolute Gasteiger partial charge is 0.493 e. The van der Waals surface area contributed by atoms with E-state index in [0.29, 0.717) is 23.2 Å². The third-order valence-electron chi connectivity index (χ3n) is 4.41. The van der Waals surface area contributed by atoms with Crippen LogP contribution in [0.25, 0.3) is 0 Å². The lowest BCUT2D eigenvalue weighted by atomic mass is 10.1. The lowest BCUT2D eigenvalue weighted by Crippen LogP contribution is -2.41. The molecule has 0 radical (unpaired) electrons. The van der Waals surface area contributed by atoms with Crippen LogP contribution in [0.3, 0.4) is 0 Å². The molecule has 1 aromatic carbocycles. The number of ether oxygens (including phenoxy) is 3. The first kappa shape index (κ1) is 20.0. The fraction of sp³-hybridized carbons (Fsp3) is 0.579. The number of amides is 2. The number of hydrogen-bond donors (Lipinski definition) is 2. The van der Waals surface area contributed by atoms with E-state index >= 15 is 0 Å². The summed E-state index contributed by atoms with van der Waals surface area (Å²) >= 11 is 0. The highest BCUT2D eigenvalue weighted by atomic mass is 16.5. The van der Waals surface area contributed by atoms with Gasteiger partial charge in [-0.2, -0.15) is 0 Å². The van der Waals surface area contributed by atoms with Gasteiger partial charge in [-0.3, -0.25) is 9.59 Å². The van der Waals surface area contributed by atoms with Crippen LogP contribution >= 0.6 is 0 Å². The first-order chi connectivity index (χ1) is 12.5. The van der Waals surface area contributed by atoms with Gasteiger partial charge in [0.2, 0.25) is 5.91 Å². The Bertz CT molecular complexity index is 614. The predicted molar refractivity (Wildman–Crippen MR) is 97.7 cm³/mol. The van der Waals surface area contributed by atoms with Crippen molar-refractivity contribution in [1.82, 2.24) is 10.6 Å². The highest BCUT2D eigenvalue weighted by Gasteiger charge is 2.17. The van der Waals surface area contributed by atoms with Crippen molar-refractivity contribution in [1.29, 1.82) is 0 Å². The minimum absolute atomic E-state index is 0.0460. The summed E-state index contributed by atoms with van der Waals surface area (Å²) in [4.78, 5) is 24.2. The molecule has 7 heteroatoms. The highest BCUT2D eigenvalue weighted by Crippen LogP contribution is 2.27. The molecule has 144 valence electrons. The van der Waals surface area contributed by atoms with Crippen molar-refractivity contribution >= 4 is 11.8 Å². The van der Waals surface area contributed by atoms with Crippen LogP contribution < -0.4 is 20.1 Å². The minimum Gasteiger partial charge on any atom is -0.493 e. The number of hydrogen-bond acceptors (Lipinski definition) is 5. The Morgan fingerprint density at radius 2 is 2.04 bits per heavy atom. The molecule has 1 heterocycles. The Kier molecular flexibility index (Phi) is 7.72. The summed E-state index contributed by atoms with van der Waals surface area (Å²) in [5.41, 5.74) is 0.405. The molecule has 2 rings (SSSR count). The molecule has 0 aromatic heterocycles. The number of methoxy groups -OCH3 is 2. The summed E-state index contributed by atoms with van der Waals surface area (Å²) in [6, 6.07) is 4.90. The van der Waals surface area contributed by atoms with E-state index in [-0.39, 0.29) is 24.4 Å². The van der Waals surface area contributed by atoms with Crippen LogP contribution in [-0.2, 0) is 9.53 Å². The molecule has 1 aromatic rings. The second-order valence-corrected chi connectivity index (χ2v) is 6.43. The second kappa shape index (κ2) is 10.0. The summed E-state index contributed by atoms with van der Waals surface area (Å²) in [5.74, 6) is 0.459. The normalized spacial score (nSPS) is 17.4. The summed E-state index contributed by atoms with van der Waals surface area (Å²) in [7, 11) is 3.03.